The summed E-state index contributed by atoms with van der Waals surface area (Å²) in [5.74, 6) is -1.24. The highest BCUT2D eigenvalue weighted by Crippen LogP contribution is 2.24. The van der Waals surface area contributed by atoms with Gasteiger partial charge in [0.05, 0.1) is 6.42 Å². The first-order chi connectivity index (χ1) is 8.29. The van der Waals surface area contributed by atoms with Crippen molar-refractivity contribution in [1.29, 1.82) is 0 Å². The van der Waals surface area contributed by atoms with E-state index in [-0.39, 0.29) is 24.2 Å². The first-order valence-electron chi connectivity index (χ1n) is 5.91. The van der Waals surface area contributed by atoms with E-state index in [9.17, 15) is 9.59 Å². The number of carboxylic acids is 1. The third-order valence-corrected chi connectivity index (χ3v) is 2.58. The van der Waals surface area contributed by atoms with Gasteiger partial charge in [0.15, 0.2) is 0 Å². The topological polar surface area (TPSA) is 66.4 Å². The fourth-order valence-corrected chi connectivity index (χ4v) is 1.51. The lowest BCUT2D eigenvalue weighted by Crippen LogP contribution is -2.15. The first kappa shape index (κ1) is 14.2. The minimum Gasteiger partial charge on any atom is -0.481 e. The number of carboxylic acid groups (broad SMARTS) is 1. The zero-order valence-corrected chi connectivity index (χ0v) is 11.0. The first-order valence-corrected chi connectivity index (χ1v) is 5.91. The molecule has 2 N–H and O–H groups in total. The van der Waals surface area contributed by atoms with Gasteiger partial charge in [-0.2, -0.15) is 0 Å². The highest BCUT2D eigenvalue weighted by Gasteiger charge is 2.14. The Morgan fingerprint density at radius 2 is 1.89 bits per heavy atom. The molecule has 1 aromatic carbocycles. The average molecular weight is 249 g/mol. The minimum atomic E-state index is -0.964. The standard InChI is InChI=1S/C14H19NO3/c1-14(2,3)10-5-4-6-11(9-10)15-12(16)7-8-13(17)18/h4-6,9H,7-8H2,1-3H3,(H,15,16)(H,17,18). The van der Waals surface area contributed by atoms with Gasteiger partial charge < -0.3 is 10.4 Å². The van der Waals surface area contributed by atoms with E-state index in [1.807, 2.05) is 18.2 Å². The summed E-state index contributed by atoms with van der Waals surface area (Å²) in [6, 6.07) is 7.60. The maximum atomic E-state index is 11.5. The summed E-state index contributed by atoms with van der Waals surface area (Å²) in [4.78, 5) is 21.9. The van der Waals surface area contributed by atoms with E-state index in [1.54, 1.807) is 6.07 Å². The van der Waals surface area contributed by atoms with Crippen LogP contribution in [-0.4, -0.2) is 17.0 Å². The van der Waals surface area contributed by atoms with E-state index >= 15 is 0 Å². The van der Waals surface area contributed by atoms with Crippen LogP contribution in [0.3, 0.4) is 0 Å². The lowest BCUT2D eigenvalue weighted by Gasteiger charge is -2.19. The van der Waals surface area contributed by atoms with Gasteiger partial charge in [0.1, 0.15) is 0 Å². The van der Waals surface area contributed by atoms with Crippen molar-refractivity contribution in [3.05, 3.63) is 29.8 Å². The van der Waals surface area contributed by atoms with Crippen LogP contribution in [0.5, 0.6) is 0 Å². The number of aliphatic carboxylic acids is 1. The fraction of sp³-hybridized carbons (Fsp3) is 0.429. The molecule has 1 rings (SSSR count). The maximum Gasteiger partial charge on any atom is 0.303 e. The van der Waals surface area contributed by atoms with Crippen molar-refractivity contribution in [3.8, 4) is 0 Å². The Morgan fingerprint density at radius 1 is 1.22 bits per heavy atom. The number of hydrogen-bond acceptors (Lipinski definition) is 2. The van der Waals surface area contributed by atoms with Crippen LogP contribution < -0.4 is 5.32 Å². The van der Waals surface area contributed by atoms with Crippen LogP contribution in [0, 0.1) is 0 Å². The molecule has 0 unspecified atom stereocenters. The maximum absolute atomic E-state index is 11.5. The lowest BCUT2D eigenvalue weighted by molar-refractivity contribution is -0.138. The second-order valence-corrected chi connectivity index (χ2v) is 5.27. The Morgan fingerprint density at radius 3 is 2.44 bits per heavy atom. The molecule has 98 valence electrons. The molecule has 4 heteroatoms. The second kappa shape index (κ2) is 5.67. The van der Waals surface area contributed by atoms with Gasteiger partial charge in [0.25, 0.3) is 0 Å². The fourth-order valence-electron chi connectivity index (χ4n) is 1.51. The van der Waals surface area contributed by atoms with Gasteiger partial charge in [-0.05, 0) is 23.1 Å². The number of benzene rings is 1. The zero-order chi connectivity index (χ0) is 13.8. The SMILES string of the molecule is CC(C)(C)c1cccc(NC(=O)CCC(=O)O)c1. The predicted molar refractivity (Wildman–Crippen MR) is 70.6 cm³/mol. The molecule has 0 radical (unpaired) electrons. The molecule has 0 saturated carbocycles. The van der Waals surface area contributed by atoms with E-state index in [0.717, 1.165) is 5.56 Å². The van der Waals surface area contributed by atoms with Crippen molar-refractivity contribution in [3.63, 3.8) is 0 Å². The summed E-state index contributed by atoms with van der Waals surface area (Å²) in [5.41, 5.74) is 1.85. The molecule has 0 aliphatic carbocycles. The van der Waals surface area contributed by atoms with E-state index in [0.29, 0.717) is 5.69 Å². The summed E-state index contributed by atoms with van der Waals surface area (Å²) in [6.07, 6.45) is -0.153. The Labute approximate surface area is 107 Å². The highest BCUT2D eigenvalue weighted by atomic mass is 16.4. The van der Waals surface area contributed by atoms with E-state index in [4.69, 9.17) is 5.11 Å². The monoisotopic (exact) mass is 249 g/mol. The molecule has 0 atom stereocenters. The van der Waals surface area contributed by atoms with Crippen molar-refractivity contribution in [2.75, 3.05) is 5.32 Å². The summed E-state index contributed by atoms with van der Waals surface area (Å²) in [7, 11) is 0. The number of anilines is 1. The molecule has 0 saturated heterocycles. The molecule has 0 aliphatic rings. The van der Waals surface area contributed by atoms with Gasteiger partial charge in [-0.25, -0.2) is 0 Å². The molecule has 0 fully saturated rings. The molecule has 0 spiro atoms. The predicted octanol–water partition coefficient (Wildman–Crippen LogP) is 2.79. The number of carbonyl (C=O) groups is 2. The number of carbonyl (C=O) groups excluding carboxylic acids is 1. The van der Waals surface area contributed by atoms with Crippen molar-refractivity contribution in [2.45, 2.75) is 39.0 Å². The van der Waals surface area contributed by atoms with E-state index in [2.05, 4.69) is 26.1 Å². The van der Waals surface area contributed by atoms with Gasteiger partial charge in [0, 0.05) is 12.1 Å². The summed E-state index contributed by atoms with van der Waals surface area (Å²) < 4.78 is 0. The summed E-state index contributed by atoms with van der Waals surface area (Å²) in [5, 5.41) is 11.2. The van der Waals surface area contributed by atoms with Crippen LogP contribution in [0.25, 0.3) is 0 Å². The number of amides is 1. The summed E-state index contributed by atoms with van der Waals surface area (Å²) >= 11 is 0. The minimum absolute atomic E-state index is 0.00488. The molecular formula is C14H19NO3. The Kier molecular flexibility index (Phi) is 4.48. The van der Waals surface area contributed by atoms with Crippen LogP contribution >= 0.6 is 0 Å². The van der Waals surface area contributed by atoms with Gasteiger partial charge >= 0.3 is 5.97 Å². The van der Waals surface area contributed by atoms with Gasteiger partial charge in [0.2, 0.25) is 5.91 Å². The van der Waals surface area contributed by atoms with Crippen LogP contribution in [0.1, 0.15) is 39.2 Å². The molecular weight excluding hydrogens is 230 g/mol. The van der Waals surface area contributed by atoms with Gasteiger partial charge in [-0.1, -0.05) is 32.9 Å². The van der Waals surface area contributed by atoms with Crippen LogP contribution in [0.2, 0.25) is 0 Å². The van der Waals surface area contributed by atoms with Crippen molar-refractivity contribution in [1.82, 2.24) is 0 Å². The Balaban J connectivity index is 2.68. The number of hydrogen-bond donors (Lipinski definition) is 2. The molecule has 0 heterocycles. The largest absolute Gasteiger partial charge is 0.481 e. The highest BCUT2D eigenvalue weighted by molar-refractivity contribution is 5.92. The average Bonchev–Trinajstić information content (AvgIpc) is 2.25. The zero-order valence-electron chi connectivity index (χ0n) is 11.0. The molecule has 4 nitrogen and oxygen atoms in total. The molecule has 0 aromatic heterocycles. The van der Waals surface area contributed by atoms with Gasteiger partial charge in [-0.3, -0.25) is 9.59 Å². The smallest absolute Gasteiger partial charge is 0.303 e. The molecule has 1 aromatic rings. The van der Waals surface area contributed by atoms with Crippen molar-refractivity contribution >= 4 is 17.6 Å². The molecule has 1 amide bonds. The normalized spacial score (nSPS) is 11.1. The van der Waals surface area contributed by atoms with Crippen LogP contribution in [-0.2, 0) is 15.0 Å². The number of rotatable bonds is 4. The van der Waals surface area contributed by atoms with Crippen molar-refractivity contribution in [2.24, 2.45) is 0 Å². The van der Waals surface area contributed by atoms with Gasteiger partial charge in [-0.15, -0.1) is 0 Å². The van der Waals surface area contributed by atoms with Crippen LogP contribution in [0.4, 0.5) is 5.69 Å². The third-order valence-electron chi connectivity index (χ3n) is 2.58. The third kappa shape index (κ3) is 4.57. The second-order valence-electron chi connectivity index (χ2n) is 5.27. The summed E-state index contributed by atoms with van der Waals surface area (Å²) in [6.45, 7) is 6.29. The Hall–Kier alpha value is -1.84. The molecule has 0 bridgehead atoms. The number of nitrogens with one attached hydrogen (secondary N) is 1. The van der Waals surface area contributed by atoms with Crippen LogP contribution in [0.15, 0.2) is 24.3 Å². The molecule has 0 aliphatic heterocycles. The lowest BCUT2D eigenvalue weighted by atomic mass is 9.87. The van der Waals surface area contributed by atoms with Crippen molar-refractivity contribution < 1.29 is 14.7 Å². The quantitative estimate of drug-likeness (QED) is 0.862. The van der Waals surface area contributed by atoms with E-state index < -0.39 is 5.97 Å². The Bertz CT molecular complexity index is 447. The molecule has 18 heavy (non-hydrogen) atoms. The van der Waals surface area contributed by atoms with E-state index in [1.165, 1.54) is 0 Å².